The summed E-state index contributed by atoms with van der Waals surface area (Å²) in [7, 11) is 0. The third-order valence-corrected chi connectivity index (χ3v) is 2.43. The number of primary amides is 1. The number of aromatic nitrogens is 2. The predicted molar refractivity (Wildman–Crippen MR) is 54.7 cm³/mol. The first-order valence-electron chi connectivity index (χ1n) is 4.85. The maximum atomic E-state index is 11.6. The Morgan fingerprint density at radius 3 is 2.87 bits per heavy atom. The van der Waals surface area contributed by atoms with Crippen LogP contribution in [0.5, 0.6) is 0 Å². The molecule has 0 atom stereocenters. The molecule has 0 saturated heterocycles. The first-order valence-corrected chi connectivity index (χ1v) is 4.85. The van der Waals surface area contributed by atoms with Crippen molar-refractivity contribution in [1.29, 1.82) is 0 Å². The van der Waals surface area contributed by atoms with E-state index in [1.807, 2.05) is 0 Å². The molecule has 0 aromatic carbocycles. The number of fused-ring (bicyclic) bond motifs is 1. The summed E-state index contributed by atoms with van der Waals surface area (Å²) >= 11 is 0. The van der Waals surface area contributed by atoms with Gasteiger partial charge in [-0.05, 0) is 25.7 Å². The van der Waals surface area contributed by atoms with Gasteiger partial charge in [0.1, 0.15) is 0 Å². The molecule has 0 aliphatic heterocycles. The summed E-state index contributed by atoms with van der Waals surface area (Å²) in [5.74, 6) is 0.133. The zero-order valence-corrected chi connectivity index (χ0v) is 8.17. The Balaban J connectivity index is 2.40. The lowest BCUT2D eigenvalue weighted by Gasteiger charge is -2.14. The largest absolute Gasteiger partial charge is 0.351 e. The second-order valence-electron chi connectivity index (χ2n) is 3.54. The minimum absolute atomic E-state index is 0.133. The van der Waals surface area contributed by atoms with Crippen molar-refractivity contribution in [3.8, 4) is 0 Å². The van der Waals surface area contributed by atoms with Gasteiger partial charge in [-0.15, -0.1) is 0 Å². The Kier molecular flexibility index (Phi) is 2.40. The molecule has 1 aliphatic carbocycles. The molecule has 1 aromatic heterocycles. The van der Waals surface area contributed by atoms with Gasteiger partial charge < -0.3 is 5.73 Å². The number of urea groups is 1. The molecule has 4 N–H and O–H groups in total. The van der Waals surface area contributed by atoms with Crippen LogP contribution in [0.4, 0.5) is 10.7 Å². The van der Waals surface area contributed by atoms with E-state index in [0.29, 0.717) is 0 Å². The number of aryl methyl sites for hydroxylation is 1. The van der Waals surface area contributed by atoms with Crippen molar-refractivity contribution in [3.05, 3.63) is 21.6 Å². The van der Waals surface area contributed by atoms with E-state index < -0.39 is 6.03 Å². The highest BCUT2D eigenvalue weighted by Crippen LogP contribution is 2.16. The van der Waals surface area contributed by atoms with E-state index in [1.165, 1.54) is 0 Å². The summed E-state index contributed by atoms with van der Waals surface area (Å²) in [4.78, 5) is 28.8. The fourth-order valence-corrected chi connectivity index (χ4v) is 1.78. The molecule has 6 nitrogen and oxygen atoms in total. The quantitative estimate of drug-likeness (QED) is 0.611. The van der Waals surface area contributed by atoms with Gasteiger partial charge in [-0.2, -0.15) is 0 Å². The number of nitrogens with one attached hydrogen (secondary N) is 2. The molecule has 1 aliphatic rings. The number of hydrogen-bond donors (Lipinski definition) is 3. The van der Waals surface area contributed by atoms with Crippen LogP contribution >= 0.6 is 0 Å². The van der Waals surface area contributed by atoms with Crippen LogP contribution < -0.4 is 16.6 Å². The number of H-pyrrole nitrogens is 1. The SMILES string of the molecule is NC(=O)Nc1nc2c(c(=O)[nH]1)CCCC2. The first kappa shape index (κ1) is 9.70. The molecule has 1 heterocycles. The number of nitrogens with two attached hydrogens (primary N) is 1. The van der Waals surface area contributed by atoms with Crippen LogP contribution in [0.2, 0.25) is 0 Å². The van der Waals surface area contributed by atoms with Gasteiger partial charge in [0.2, 0.25) is 5.95 Å². The van der Waals surface area contributed by atoms with Gasteiger partial charge in [0, 0.05) is 5.56 Å². The highest BCUT2D eigenvalue weighted by atomic mass is 16.2. The molecule has 0 unspecified atom stereocenters. The fraction of sp³-hybridized carbons (Fsp3) is 0.444. The van der Waals surface area contributed by atoms with E-state index in [1.54, 1.807) is 0 Å². The van der Waals surface area contributed by atoms with E-state index in [9.17, 15) is 9.59 Å². The van der Waals surface area contributed by atoms with Crippen LogP contribution in [-0.2, 0) is 12.8 Å². The summed E-state index contributed by atoms with van der Waals surface area (Å²) in [6.07, 6.45) is 3.58. The van der Waals surface area contributed by atoms with Crippen LogP contribution in [0.1, 0.15) is 24.1 Å². The van der Waals surface area contributed by atoms with Crippen molar-refractivity contribution < 1.29 is 4.79 Å². The van der Waals surface area contributed by atoms with Crippen molar-refractivity contribution in [1.82, 2.24) is 9.97 Å². The van der Waals surface area contributed by atoms with Crippen LogP contribution in [-0.4, -0.2) is 16.0 Å². The molecule has 0 spiro atoms. The Labute approximate surface area is 85.9 Å². The lowest BCUT2D eigenvalue weighted by molar-refractivity contribution is 0.259. The minimum Gasteiger partial charge on any atom is -0.351 e. The summed E-state index contributed by atoms with van der Waals surface area (Å²) < 4.78 is 0. The average Bonchev–Trinajstić information content (AvgIpc) is 2.16. The first-order chi connectivity index (χ1) is 7.16. The molecule has 80 valence electrons. The van der Waals surface area contributed by atoms with Gasteiger partial charge in [-0.1, -0.05) is 0 Å². The number of hydrogen-bond acceptors (Lipinski definition) is 3. The smallest absolute Gasteiger partial charge is 0.318 e. The van der Waals surface area contributed by atoms with Gasteiger partial charge in [0.05, 0.1) is 5.69 Å². The highest BCUT2D eigenvalue weighted by molar-refractivity contribution is 5.85. The lowest BCUT2D eigenvalue weighted by Crippen LogP contribution is -2.27. The molecule has 0 bridgehead atoms. The summed E-state index contributed by atoms with van der Waals surface area (Å²) in [6, 6.07) is -0.728. The molecule has 0 saturated carbocycles. The van der Waals surface area contributed by atoms with Crippen molar-refractivity contribution in [3.63, 3.8) is 0 Å². The zero-order chi connectivity index (χ0) is 10.8. The fourth-order valence-electron chi connectivity index (χ4n) is 1.78. The van der Waals surface area contributed by atoms with E-state index in [4.69, 9.17) is 5.73 Å². The van der Waals surface area contributed by atoms with Crippen molar-refractivity contribution in [2.24, 2.45) is 5.73 Å². The monoisotopic (exact) mass is 208 g/mol. The maximum absolute atomic E-state index is 11.6. The van der Waals surface area contributed by atoms with Crippen molar-refractivity contribution in [2.45, 2.75) is 25.7 Å². The van der Waals surface area contributed by atoms with Crippen molar-refractivity contribution in [2.75, 3.05) is 5.32 Å². The number of aromatic amines is 1. The molecule has 6 heteroatoms. The normalized spacial score (nSPS) is 14.4. The van der Waals surface area contributed by atoms with Gasteiger partial charge >= 0.3 is 6.03 Å². The number of carbonyl (C=O) groups excluding carboxylic acids is 1. The number of nitrogens with zero attached hydrogens (tertiary/aromatic N) is 1. The zero-order valence-electron chi connectivity index (χ0n) is 8.17. The number of carbonyl (C=O) groups is 1. The second kappa shape index (κ2) is 3.72. The second-order valence-corrected chi connectivity index (χ2v) is 3.54. The van der Waals surface area contributed by atoms with Crippen LogP contribution in [0.15, 0.2) is 4.79 Å². The van der Waals surface area contributed by atoms with Crippen LogP contribution in [0.25, 0.3) is 0 Å². The topological polar surface area (TPSA) is 101 Å². The Morgan fingerprint density at radius 2 is 2.13 bits per heavy atom. The summed E-state index contributed by atoms with van der Waals surface area (Å²) in [5.41, 5.74) is 6.27. The van der Waals surface area contributed by atoms with Crippen LogP contribution in [0.3, 0.4) is 0 Å². The van der Waals surface area contributed by atoms with Gasteiger partial charge in [-0.25, -0.2) is 9.78 Å². The molecule has 0 radical (unpaired) electrons. The van der Waals surface area contributed by atoms with Gasteiger partial charge in [-0.3, -0.25) is 15.1 Å². The Hall–Kier alpha value is -1.85. The van der Waals surface area contributed by atoms with E-state index in [-0.39, 0.29) is 11.5 Å². The third-order valence-electron chi connectivity index (χ3n) is 2.43. The molecular formula is C9H12N4O2. The van der Waals surface area contributed by atoms with Crippen LogP contribution in [0, 0.1) is 0 Å². The lowest BCUT2D eigenvalue weighted by atomic mass is 9.97. The predicted octanol–water partition coefficient (Wildman–Crippen LogP) is 0.139. The van der Waals surface area contributed by atoms with E-state index in [0.717, 1.165) is 36.9 Å². The molecular weight excluding hydrogens is 196 g/mol. The maximum Gasteiger partial charge on any atom is 0.318 e. The Morgan fingerprint density at radius 1 is 1.40 bits per heavy atom. The summed E-state index contributed by atoms with van der Waals surface area (Å²) in [6.45, 7) is 0. The Bertz CT molecular complexity index is 452. The van der Waals surface area contributed by atoms with Crippen molar-refractivity contribution >= 4 is 12.0 Å². The third kappa shape index (κ3) is 1.98. The number of anilines is 1. The number of amides is 2. The standard InChI is InChI=1S/C9H12N4O2/c10-8(15)13-9-11-6-4-2-1-3-5(6)7(14)12-9/h1-4H2,(H4,10,11,12,13,14,15). The molecule has 2 amide bonds. The molecule has 2 rings (SSSR count). The van der Waals surface area contributed by atoms with E-state index >= 15 is 0 Å². The van der Waals surface area contributed by atoms with E-state index in [2.05, 4.69) is 15.3 Å². The van der Waals surface area contributed by atoms with Gasteiger partial charge in [0.25, 0.3) is 5.56 Å². The molecule has 0 fully saturated rings. The molecule has 15 heavy (non-hydrogen) atoms. The average molecular weight is 208 g/mol. The molecule has 1 aromatic rings. The summed E-state index contributed by atoms with van der Waals surface area (Å²) in [5, 5.41) is 2.27. The van der Waals surface area contributed by atoms with Gasteiger partial charge in [0.15, 0.2) is 0 Å². The highest BCUT2D eigenvalue weighted by Gasteiger charge is 2.15. The minimum atomic E-state index is -0.728. The number of rotatable bonds is 1.